The molecule has 106 valence electrons. The number of hydrogen-bond donors (Lipinski definition) is 2. The quantitative estimate of drug-likeness (QED) is 0.496. The van der Waals surface area contributed by atoms with Gasteiger partial charge in [0.1, 0.15) is 5.56 Å². The van der Waals surface area contributed by atoms with Crippen molar-refractivity contribution in [2.24, 2.45) is 5.84 Å². The van der Waals surface area contributed by atoms with E-state index in [0.29, 0.717) is 0 Å². The fourth-order valence-electron chi connectivity index (χ4n) is 2.04. The molecule has 5 heteroatoms. The van der Waals surface area contributed by atoms with E-state index < -0.39 is 5.91 Å². The van der Waals surface area contributed by atoms with Crippen LogP contribution in [0.25, 0.3) is 0 Å². The van der Waals surface area contributed by atoms with E-state index in [4.69, 9.17) is 5.84 Å². The Hall–Kier alpha value is -1.62. The van der Waals surface area contributed by atoms with Crippen LogP contribution in [0.15, 0.2) is 16.9 Å². The topological polar surface area (TPSA) is 77.1 Å². The average molecular weight is 265 g/mol. The minimum atomic E-state index is -0.553. The van der Waals surface area contributed by atoms with Crippen LogP contribution >= 0.6 is 0 Å². The molecule has 0 aliphatic carbocycles. The lowest BCUT2D eigenvalue weighted by atomic mass is 9.90. The predicted molar refractivity (Wildman–Crippen MR) is 76.1 cm³/mol. The highest BCUT2D eigenvalue weighted by atomic mass is 16.2. The number of rotatable bonds is 3. The SMILES string of the molecule is CCC(C)n1c(C(C)(C)C)ccc(C(=O)NN)c1=O. The Morgan fingerprint density at radius 3 is 2.42 bits per heavy atom. The first-order valence-electron chi connectivity index (χ1n) is 6.51. The fraction of sp³-hybridized carbons (Fsp3) is 0.571. The van der Waals surface area contributed by atoms with Crippen molar-refractivity contribution in [1.82, 2.24) is 9.99 Å². The van der Waals surface area contributed by atoms with E-state index in [1.165, 1.54) is 0 Å². The Balaban J connectivity index is 3.59. The lowest BCUT2D eigenvalue weighted by Gasteiger charge is -2.27. The van der Waals surface area contributed by atoms with Gasteiger partial charge in [0.2, 0.25) is 0 Å². The van der Waals surface area contributed by atoms with Crippen molar-refractivity contribution in [3.63, 3.8) is 0 Å². The van der Waals surface area contributed by atoms with Gasteiger partial charge in [-0.2, -0.15) is 0 Å². The zero-order valence-electron chi connectivity index (χ0n) is 12.3. The van der Waals surface area contributed by atoms with Gasteiger partial charge in [0, 0.05) is 17.2 Å². The van der Waals surface area contributed by atoms with Crippen molar-refractivity contribution in [2.75, 3.05) is 0 Å². The number of carbonyl (C=O) groups excluding carboxylic acids is 1. The fourth-order valence-corrected chi connectivity index (χ4v) is 2.04. The Labute approximate surface area is 113 Å². The van der Waals surface area contributed by atoms with Crippen molar-refractivity contribution in [3.05, 3.63) is 33.7 Å². The largest absolute Gasteiger partial charge is 0.309 e. The van der Waals surface area contributed by atoms with Gasteiger partial charge in [-0.1, -0.05) is 27.7 Å². The van der Waals surface area contributed by atoms with Gasteiger partial charge in [0.15, 0.2) is 0 Å². The van der Waals surface area contributed by atoms with Gasteiger partial charge in [0.25, 0.3) is 11.5 Å². The monoisotopic (exact) mass is 265 g/mol. The van der Waals surface area contributed by atoms with Gasteiger partial charge in [-0.05, 0) is 25.5 Å². The highest BCUT2D eigenvalue weighted by molar-refractivity contribution is 5.93. The summed E-state index contributed by atoms with van der Waals surface area (Å²) in [4.78, 5) is 24.1. The summed E-state index contributed by atoms with van der Waals surface area (Å²) in [5.41, 5.74) is 2.56. The third kappa shape index (κ3) is 3.04. The summed E-state index contributed by atoms with van der Waals surface area (Å²) in [5.74, 6) is 4.55. The summed E-state index contributed by atoms with van der Waals surface area (Å²) in [6, 6.07) is 3.41. The van der Waals surface area contributed by atoms with E-state index in [2.05, 4.69) is 0 Å². The third-order valence-corrected chi connectivity index (χ3v) is 3.29. The maximum Gasteiger partial charge on any atom is 0.270 e. The molecule has 1 heterocycles. The highest BCUT2D eigenvalue weighted by Crippen LogP contribution is 2.24. The summed E-state index contributed by atoms with van der Waals surface area (Å²) in [6.45, 7) is 10.1. The lowest BCUT2D eigenvalue weighted by molar-refractivity contribution is 0.0951. The Morgan fingerprint density at radius 2 is 2.00 bits per heavy atom. The first-order valence-corrected chi connectivity index (χ1v) is 6.51. The molecule has 1 aromatic rings. The molecule has 1 atom stereocenters. The molecule has 1 amide bonds. The number of nitrogens with zero attached hydrogens (tertiary/aromatic N) is 1. The van der Waals surface area contributed by atoms with Crippen LogP contribution in [0.3, 0.4) is 0 Å². The number of hydrazine groups is 1. The van der Waals surface area contributed by atoms with Crippen LogP contribution in [0.2, 0.25) is 0 Å². The minimum absolute atomic E-state index is 0.0345. The van der Waals surface area contributed by atoms with Crippen LogP contribution in [0.4, 0.5) is 0 Å². The Morgan fingerprint density at radius 1 is 1.42 bits per heavy atom. The molecule has 0 saturated heterocycles. The molecule has 0 fully saturated rings. The van der Waals surface area contributed by atoms with Crippen LogP contribution < -0.4 is 16.8 Å². The van der Waals surface area contributed by atoms with Crippen molar-refractivity contribution in [3.8, 4) is 0 Å². The van der Waals surface area contributed by atoms with Crippen LogP contribution in [0, 0.1) is 0 Å². The van der Waals surface area contributed by atoms with Gasteiger partial charge in [-0.15, -0.1) is 0 Å². The molecule has 0 spiro atoms. The molecule has 0 radical (unpaired) electrons. The summed E-state index contributed by atoms with van der Waals surface area (Å²) in [6.07, 6.45) is 0.816. The number of nitrogens with two attached hydrogens (primary N) is 1. The molecule has 0 aromatic carbocycles. The average Bonchev–Trinajstić information content (AvgIpc) is 2.35. The second-order valence-electron chi connectivity index (χ2n) is 5.79. The number of pyridine rings is 1. The molecule has 0 aliphatic heterocycles. The summed E-state index contributed by atoms with van der Waals surface area (Å²) in [5, 5.41) is 0. The van der Waals surface area contributed by atoms with E-state index in [1.807, 2.05) is 46.1 Å². The van der Waals surface area contributed by atoms with E-state index in [0.717, 1.165) is 12.1 Å². The molecule has 0 bridgehead atoms. The Kier molecular flexibility index (Phi) is 4.52. The molecule has 0 saturated carbocycles. The van der Waals surface area contributed by atoms with E-state index in [1.54, 1.807) is 10.6 Å². The zero-order chi connectivity index (χ0) is 14.8. The first kappa shape index (κ1) is 15.4. The maximum atomic E-state index is 12.5. The van der Waals surface area contributed by atoms with E-state index >= 15 is 0 Å². The van der Waals surface area contributed by atoms with Gasteiger partial charge in [-0.25, -0.2) is 5.84 Å². The van der Waals surface area contributed by atoms with Gasteiger partial charge < -0.3 is 4.57 Å². The second kappa shape index (κ2) is 5.57. The molecule has 1 unspecified atom stereocenters. The summed E-state index contributed by atoms with van der Waals surface area (Å²) >= 11 is 0. The van der Waals surface area contributed by atoms with Gasteiger partial charge >= 0.3 is 0 Å². The van der Waals surface area contributed by atoms with Crippen LogP contribution in [0.5, 0.6) is 0 Å². The molecule has 5 nitrogen and oxygen atoms in total. The molecule has 0 aliphatic rings. The highest BCUT2D eigenvalue weighted by Gasteiger charge is 2.24. The van der Waals surface area contributed by atoms with Crippen LogP contribution in [-0.4, -0.2) is 10.5 Å². The first-order chi connectivity index (χ1) is 8.73. The van der Waals surface area contributed by atoms with E-state index in [-0.39, 0.29) is 22.6 Å². The molecule has 3 N–H and O–H groups in total. The summed E-state index contributed by atoms with van der Waals surface area (Å²) in [7, 11) is 0. The summed E-state index contributed by atoms with van der Waals surface area (Å²) < 4.78 is 1.70. The number of nitrogen functional groups attached to an aromatic ring is 1. The number of amides is 1. The van der Waals surface area contributed by atoms with Crippen molar-refractivity contribution in [1.29, 1.82) is 0 Å². The molecule has 1 aromatic heterocycles. The number of nitrogens with one attached hydrogen (secondary N) is 1. The third-order valence-electron chi connectivity index (χ3n) is 3.29. The minimum Gasteiger partial charge on any atom is -0.309 e. The van der Waals surface area contributed by atoms with Crippen LogP contribution in [-0.2, 0) is 5.41 Å². The molecule has 1 rings (SSSR count). The van der Waals surface area contributed by atoms with Crippen molar-refractivity contribution in [2.45, 2.75) is 52.5 Å². The standard InChI is InChI=1S/C14H23N3O2/c1-6-9(2)17-11(14(3,4)5)8-7-10(13(17)19)12(18)16-15/h7-9H,6,15H2,1-5H3,(H,16,18). The molecular formula is C14H23N3O2. The number of hydrogen-bond acceptors (Lipinski definition) is 3. The van der Waals surface area contributed by atoms with Crippen molar-refractivity contribution >= 4 is 5.91 Å². The lowest BCUT2D eigenvalue weighted by Crippen LogP contribution is -2.39. The Bertz CT molecular complexity index is 526. The zero-order valence-corrected chi connectivity index (χ0v) is 12.3. The predicted octanol–water partition coefficient (Wildman–Crippen LogP) is 1.72. The van der Waals surface area contributed by atoms with Gasteiger partial charge in [-0.3, -0.25) is 15.0 Å². The number of aromatic nitrogens is 1. The molecular weight excluding hydrogens is 242 g/mol. The van der Waals surface area contributed by atoms with E-state index in [9.17, 15) is 9.59 Å². The van der Waals surface area contributed by atoms with Crippen LogP contribution in [0.1, 0.15) is 63.1 Å². The molecule has 19 heavy (non-hydrogen) atoms. The van der Waals surface area contributed by atoms with Crippen molar-refractivity contribution < 1.29 is 4.79 Å². The normalized spacial score (nSPS) is 13.2. The maximum absolute atomic E-state index is 12.5. The second-order valence-corrected chi connectivity index (χ2v) is 5.79. The smallest absolute Gasteiger partial charge is 0.270 e. The number of carbonyl (C=O) groups is 1. The van der Waals surface area contributed by atoms with Gasteiger partial charge in [0.05, 0.1) is 0 Å².